The molecule has 3 heterocycles. The number of rotatable bonds is 3. The number of nitrogens with one attached hydrogen (secondary N) is 2. The van der Waals surface area contributed by atoms with Crippen LogP contribution in [0.3, 0.4) is 0 Å². The maximum absolute atomic E-state index is 11.7. The largest absolute Gasteiger partial charge is 0.373 e. The highest BCUT2D eigenvalue weighted by Gasteiger charge is 2.40. The highest BCUT2D eigenvalue weighted by Crippen LogP contribution is 2.28. The van der Waals surface area contributed by atoms with Crippen molar-refractivity contribution >= 4 is 11.7 Å². The second kappa shape index (κ2) is 5.17. The minimum absolute atomic E-state index is 0.194. The highest BCUT2D eigenvalue weighted by molar-refractivity contribution is 5.82. The van der Waals surface area contributed by atoms with Crippen molar-refractivity contribution in [3.05, 3.63) is 23.9 Å². The molecule has 1 amide bonds. The molecule has 1 aromatic heterocycles. The zero-order valence-corrected chi connectivity index (χ0v) is 11.2. The number of hydrogen-bond donors (Lipinski definition) is 2. The molecule has 0 bridgehead atoms. The SMILES string of the molecule is CNc1cc(CN2CCCC3C(=O)NCC32)ccn1. The Bertz CT molecular complexity index is 476. The number of carbonyl (C=O) groups excluding carboxylic acids is 1. The average Bonchev–Trinajstić information content (AvgIpc) is 2.82. The van der Waals surface area contributed by atoms with Gasteiger partial charge in [0.2, 0.25) is 5.91 Å². The van der Waals surface area contributed by atoms with Gasteiger partial charge in [-0.3, -0.25) is 9.69 Å². The summed E-state index contributed by atoms with van der Waals surface area (Å²) >= 11 is 0. The lowest BCUT2D eigenvalue weighted by molar-refractivity contribution is -0.124. The average molecular weight is 260 g/mol. The van der Waals surface area contributed by atoms with Crippen LogP contribution in [0.2, 0.25) is 0 Å². The van der Waals surface area contributed by atoms with Crippen molar-refractivity contribution in [3.8, 4) is 0 Å². The molecule has 2 saturated heterocycles. The van der Waals surface area contributed by atoms with Crippen LogP contribution in [-0.4, -0.2) is 42.0 Å². The summed E-state index contributed by atoms with van der Waals surface area (Å²) in [5.74, 6) is 1.33. The van der Waals surface area contributed by atoms with Crippen LogP contribution < -0.4 is 10.6 Å². The topological polar surface area (TPSA) is 57.3 Å². The van der Waals surface area contributed by atoms with E-state index >= 15 is 0 Å². The van der Waals surface area contributed by atoms with Crippen LogP contribution in [0.1, 0.15) is 18.4 Å². The highest BCUT2D eigenvalue weighted by atomic mass is 16.2. The molecule has 0 radical (unpaired) electrons. The summed E-state index contributed by atoms with van der Waals surface area (Å²) in [6, 6.07) is 4.50. The number of carbonyl (C=O) groups is 1. The zero-order chi connectivity index (χ0) is 13.2. The van der Waals surface area contributed by atoms with E-state index in [1.54, 1.807) is 0 Å². The molecule has 0 spiro atoms. The first-order valence-electron chi connectivity index (χ1n) is 6.92. The van der Waals surface area contributed by atoms with Crippen LogP contribution in [0.15, 0.2) is 18.3 Å². The van der Waals surface area contributed by atoms with Gasteiger partial charge in [-0.25, -0.2) is 4.98 Å². The first-order chi connectivity index (χ1) is 9.28. The van der Waals surface area contributed by atoms with Gasteiger partial charge in [0, 0.05) is 32.4 Å². The Morgan fingerprint density at radius 1 is 1.58 bits per heavy atom. The number of hydrogen-bond acceptors (Lipinski definition) is 4. The standard InChI is InChI=1S/C14H20N4O/c1-15-13-7-10(4-5-16-13)9-18-6-2-3-11-12(18)8-17-14(11)19/h4-5,7,11-12H,2-3,6,8-9H2,1H3,(H,15,16)(H,17,19). The second-order valence-electron chi connectivity index (χ2n) is 5.33. The molecule has 0 aromatic carbocycles. The van der Waals surface area contributed by atoms with Gasteiger partial charge in [0.05, 0.1) is 5.92 Å². The molecule has 5 heteroatoms. The van der Waals surface area contributed by atoms with Crippen molar-refractivity contribution in [2.75, 3.05) is 25.5 Å². The molecule has 0 aliphatic carbocycles. The number of fused-ring (bicyclic) bond motifs is 1. The Kier molecular flexibility index (Phi) is 3.38. The molecular formula is C14H20N4O. The van der Waals surface area contributed by atoms with E-state index in [0.717, 1.165) is 38.3 Å². The maximum Gasteiger partial charge on any atom is 0.224 e. The molecule has 1 aromatic rings. The summed E-state index contributed by atoms with van der Waals surface area (Å²) < 4.78 is 0. The normalized spacial score (nSPS) is 26.9. The summed E-state index contributed by atoms with van der Waals surface area (Å²) in [5.41, 5.74) is 1.25. The Morgan fingerprint density at radius 2 is 2.47 bits per heavy atom. The fraction of sp³-hybridized carbons (Fsp3) is 0.571. The quantitative estimate of drug-likeness (QED) is 0.845. The number of piperidine rings is 1. The third-order valence-corrected chi connectivity index (χ3v) is 4.18. The van der Waals surface area contributed by atoms with Gasteiger partial charge in [0.25, 0.3) is 0 Å². The first-order valence-corrected chi connectivity index (χ1v) is 6.92. The summed E-state index contributed by atoms with van der Waals surface area (Å²) in [4.78, 5) is 18.4. The number of anilines is 1. The van der Waals surface area contributed by atoms with Gasteiger partial charge in [0.1, 0.15) is 5.82 Å². The molecule has 3 rings (SSSR count). The maximum atomic E-state index is 11.7. The summed E-state index contributed by atoms with van der Waals surface area (Å²) in [6.07, 6.45) is 3.98. The summed E-state index contributed by atoms with van der Waals surface area (Å²) in [7, 11) is 1.88. The first kappa shape index (κ1) is 12.4. The lowest BCUT2D eigenvalue weighted by atomic mass is 9.91. The van der Waals surface area contributed by atoms with Gasteiger partial charge < -0.3 is 10.6 Å². The van der Waals surface area contributed by atoms with Crippen LogP contribution in [-0.2, 0) is 11.3 Å². The predicted molar refractivity (Wildman–Crippen MR) is 73.7 cm³/mol. The van der Waals surface area contributed by atoms with Gasteiger partial charge >= 0.3 is 0 Å². The van der Waals surface area contributed by atoms with E-state index < -0.39 is 0 Å². The molecule has 2 aliphatic rings. The molecule has 2 fully saturated rings. The van der Waals surface area contributed by atoms with Gasteiger partial charge in [-0.1, -0.05) is 0 Å². The smallest absolute Gasteiger partial charge is 0.224 e. The van der Waals surface area contributed by atoms with Gasteiger partial charge in [-0.2, -0.15) is 0 Å². The molecule has 2 aliphatic heterocycles. The van der Waals surface area contributed by atoms with E-state index in [4.69, 9.17) is 0 Å². The molecule has 0 saturated carbocycles. The number of pyridine rings is 1. The van der Waals surface area contributed by atoms with Crippen LogP contribution in [0.25, 0.3) is 0 Å². The van der Waals surface area contributed by atoms with E-state index in [-0.39, 0.29) is 11.8 Å². The third kappa shape index (κ3) is 2.42. The van der Waals surface area contributed by atoms with Gasteiger partial charge in [-0.15, -0.1) is 0 Å². The van der Waals surface area contributed by atoms with Crippen molar-refractivity contribution < 1.29 is 4.79 Å². The minimum atomic E-state index is 0.194. The Hall–Kier alpha value is -1.62. The fourth-order valence-electron chi connectivity index (χ4n) is 3.18. The molecule has 5 nitrogen and oxygen atoms in total. The minimum Gasteiger partial charge on any atom is -0.373 e. The van der Waals surface area contributed by atoms with Crippen molar-refractivity contribution in [1.82, 2.24) is 15.2 Å². The Balaban J connectivity index is 1.73. The Labute approximate surface area is 113 Å². The van der Waals surface area contributed by atoms with E-state index in [1.165, 1.54) is 5.56 Å². The lowest BCUT2D eigenvalue weighted by Crippen LogP contribution is -2.44. The van der Waals surface area contributed by atoms with Crippen LogP contribution >= 0.6 is 0 Å². The monoisotopic (exact) mass is 260 g/mol. The van der Waals surface area contributed by atoms with Crippen LogP contribution in [0.4, 0.5) is 5.82 Å². The Morgan fingerprint density at radius 3 is 3.32 bits per heavy atom. The van der Waals surface area contributed by atoms with E-state index in [1.807, 2.05) is 13.2 Å². The summed E-state index contributed by atoms with van der Waals surface area (Å²) in [6.45, 7) is 2.77. The van der Waals surface area contributed by atoms with Gasteiger partial charge in [0.15, 0.2) is 0 Å². The lowest BCUT2D eigenvalue weighted by Gasteiger charge is -2.35. The zero-order valence-electron chi connectivity index (χ0n) is 11.2. The third-order valence-electron chi connectivity index (χ3n) is 4.18. The number of amides is 1. The molecule has 2 unspecified atom stereocenters. The predicted octanol–water partition coefficient (Wildman–Crippen LogP) is 0.834. The van der Waals surface area contributed by atoms with Crippen LogP contribution in [0, 0.1) is 5.92 Å². The molecule has 102 valence electrons. The van der Waals surface area contributed by atoms with Gasteiger partial charge in [-0.05, 0) is 37.1 Å². The molecule has 2 N–H and O–H groups in total. The van der Waals surface area contributed by atoms with Crippen molar-refractivity contribution in [2.24, 2.45) is 5.92 Å². The number of likely N-dealkylation sites (tertiary alicyclic amines) is 1. The summed E-state index contributed by atoms with van der Waals surface area (Å²) in [5, 5.41) is 6.06. The number of nitrogens with zero attached hydrogens (tertiary/aromatic N) is 2. The molecular weight excluding hydrogens is 240 g/mol. The van der Waals surface area contributed by atoms with Crippen molar-refractivity contribution in [1.29, 1.82) is 0 Å². The van der Waals surface area contributed by atoms with E-state index in [0.29, 0.717) is 6.04 Å². The molecule has 19 heavy (non-hydrogen) atoms. The van der Waals surface area contributed by atoms with E-state index in [9.17, 15) is 4.79 Å². The second-order valence-corrected chi connectivity index (χ2v) is 5.33. The van der Waals surface area contributed by atoms with Crippen molar-refractivity contribution in [2.45, 2.75) is 25.4 Å². The fourth-order valence-corrected chi connectivity index (χ4v) is 3.18. The number of aromatic nitrogens is 1. The van der Waals surface area contributed by atoms with Crippen molar-refractivity contribution in [3.63, 3.8) is 0 Å². The molecule has 2 atom stereocenters. The van der Waals surface area contributed by atoms with Crippen LogP contribution in [0.5, 0.6) is 0 Å². The van der Waals surface area contributed by atoms with E-state index in [2.05, 4.69) is 32.7 Å².